The maximum absolute atomic E-state index is 13.1. The molecule has 1 aromatic carbocycles. The summed E-state index contributed by atoms with van der Waals surface area (Å²) in [4.78, 5) is 17.5. The van der Waals surface area contributed by atoms with Crippen LogP contribution < -0.4 is 10.1 Å². The molecule has 1 aromatic heterocycles. The molecule has 0 aliphatic carbocycles. The standard InChI is InChI=1S/C19H20FN5O2/c1-12(24-21)18(23-17-5-3-16(20)4-6-17)11-27-19-7-14-9-25(13(2)26)10-15(14)8-22-19/h3-8,21,23H,9-11H2,1-2H3/b18-12-,24-21?. The lowest BCUT2D eigenvalue weighted by molar-refractivity contribution is -0.129. The Morgan fingerprint density at radius 3 is 2.67 bits per heavy atom. The fourth-order valence-corrected chi connectivity index (χ4v) is 2.71. The summed E-state index contributed by atoms with van der Waals surface area (Å²) in [6, 6.07) is 7.70. The molecule has 2 aromatic rings. The summed E-state index contributed by atoms with van der Waals surface area (Å²) in [5.41, 5.74) is 10.9. The number of carbonyl (C=O) groups excluding carboxylic acids is 1. The predicted octanol–water partition coefficient (Wildman–Crippen LogP) is 3.84. The zero-order valence-electron chi connectivity index (χ0n) is 15.1. The second-order valence-corrected chi connectivity index (χ2v) is 6.26. The Labute approximate surface area is 156 Å². The van der Waals surface area contributed by atoms with Crippen molar-refractivity contribution in [3.8, 4) is 5.88 Å². The molecule has 3 rings (SSSR count). The van der Waals surface area contributed by atoms with Gasteiger partial charge in [-0.2, -0.15) is 5.11 Å². The number of ether oxygens (including phenoxy) is 1. The molecule has 7 nitrogen and oxygen atoms in total. The molecule has 0 saturated heterocycles. The lowest BCUT2D eigenvalue weighted by Gasteiger charge is -2.14. The van der Waals surface area contributed by atoms with Gasteiger partial charge < -0.3 is 15.0 Å². The van der Waals surface area contributed by atoms with Crippen LogP contribution in [-0.2, 0) is 17.9 Å². The highest BCUT2D eigenvalue weighted by Crippen LogP contribution is 2.25. The van der Waals surface area contributed by atoms with Crippen molar-refractivity contribution >= 4 is 11.6 Å². The van der Waals surface area contributed by atoms with Gasteiger partial charge in [0, 0.05) is 38.0 Å². The molecule has 1 aliphatic rings. The third-order valence-electron chi connectivity index (χ3n) is 4.33. The van der Waals surface area contributed by atoms with Crippen LogP contribution in [0.2, 0.25) is 0 Å². The minimum Gasteiger partial charge on any atom is -0.471 e. The Balaban J connectivity index is 1.70. The van der Waals surface area contributed by atoms with Crippen LogP contribution in [-0.4, -0.2) is 22.4 Å². The van der Waals surface area contributed by atoms with Crippen molar-refractivity contribution in [1.29, 1.82) is 5.53 Å². The van der Waals surface area contributed by atoms with E-state index in [0.29, 0.717) is 36.1 Å². The lowest BCUT2D eigenvalue weighted by atomic mass is 10.2. The van der Waals surface area contributed by atoms with Crippen LogP contribution in [0.4, 0.5) is 10.1 Å². The molecule has 1 aliphatic heterocycles. The molecule has 0 fully saturated rings. The quantitative estimate of drug-likeness (QED) is 0.757. The van der Waals surface area contributed by atoms with Gasteiger partial charge in [0.15, 0.2) is 0 Å². The Hall–Kier alpha value is -3.29. The van der Waals surface area contributed by atoms with Crippen molar-refractivity contribution in [3.05, 3.63) is 64.9 Å². The largest absolute Gasteiger partial charge is 0.471 e. The first-order valence-corrected chi connectivity index (χ1v) is 8.42. The first-order valence-electron chi connectivity index (χ1n) is 8.42. The second-order valence-electron chi connectivity index (χ2n) is 6.26. The van der Waals surface area contributed by atoms with E-state index in [-0.39, 0.29) is 18.3 Å². The number of aromatic nitrogens is 1. The van der Waals surface area contributed by atoms with Crippen molar-refractivity contribution < 1.29 is 13.9 Å². The van der Waals surface area contributed by atoms with E-state index in [1.807, 2.05) is 6.07 Å². The molecule has 1 amide bonds. The minimum atomic E-state index is -0.328. The van der Waals surface area contributed by atoms with Crippen molar-refractivity contribution in [2.24, 2.45) is 5.11 Å². The number of rotatable bonds is 6. The smallest absolute Gasteiger partial charge is 0.220 e. The molecule has 0 saturated carbocycles. The molecule has 0 unspecified atom stereocenters. The summed E-state index contributed by atoms with van der Waals surface area (Å²) < 4.78 is 18.8. The molecule has 0 bridgehead atoms. The molecule has 2 N–H and O–H groups in total. The second kappa shape index (κ2) is 7.94. The van der Waals surface area contributed by atoms with Crippen molar-refractivity contribution in [3.63, 3.8) is 0 Å². The Kier molecular flexibility index (Phi) is 5.44. The number of fused-ring (bicyclic) bond motifs is 1. The highest BCUT2D eigenvalue weighted by molar-refractivity contribution is 5.74. The zero-order valence-corrected chi connectivity index (χ0v) is 15.1. The van der Waals surface area contributed by atoms with Crippen LogP contribution in [0.1, 0.15) is 25.0 Å². The average Bonchev–Trinajstić information content (AvgIpc) is 3.09. The van der Waals surface area contributed by atoms with E-state index < -0.39 is 0 Å². The minimum absolute atomic E-state index is 0.0232. The van der Waals surface area contributed by atoms with Gasteiger partial charge in [0.05, 0.1) is 11.4 Å². The summed E-state index contributed by atoms with van der Waals surface area (Å²) in [6.45, 7) is 4.45. The van der Waals surface area contributed by atoms with Gasteiger partial charge in [0.1, 0.15) is 12.4 Å². The van der Waals surface area contributed by atoms with Gasteiger partial charge in [0.25, 0.3) is 0 Å². The number of halogens is 1. The third kappa shape index (κ3) is 4.46. The lowest BCUT2D eigenvalue weighted by Crippen LogP contribution is -2.21. The number of amides is 1. The average molecular weight is 369 g/mol. The zero-order chi connectivity index (χ0) is 19.4. The first-order chi connectivity index (χ1) is 13.0. The summed E-state index contributed by atoms with van der Waals surface area (Å²) >= 11 is 0. The van der Waals surface area contributed by atoms with Gasteiger partial charge in [0.2, 0.25) is 11.8 Å². The topological polar surface area (TPSA) is 90.7 Å². The number of carbonyl (C=O) groups is 1. The van der Waals surface area contributed by atoms with E-state index in [2.05, 4.69) is 15.4 Å². The van der Waals surface area contributed by atoms with Gasteiger partial charge in [-0.15, -0.1) is 0 Å². The Bertz CT molecular complexity index is 895. The number of pyridine rings is 1. The fourth-order valence-electron chi connectivity index (χ4n) is 2.71. The molecule has 8 heteroatoms. The summed E-state index contributed by atoms with van der Waals surface area (Å²) in [5, 5.41) is 6.55. The highest BCUT2D eigenvalue weighted by atomic mass is 19.1. The molecule has 0 atom stereocenters. The van der Waals surface area contributed by atoms with Crippen molar-refractivity contribution in [2.45, 2.75) is 26.9 Å². The number of benzene rings is 1. The molecule has 140 valence electrons. The van der Waals surface area contributed by atoms with Crippen molar-refractivity contribution in [1.82, 2.24) is 9.88 Å². The van der Waals surface area contributed by atoms with E-state index in [0.717, 1.165) is 11.1 Å². The molecule has 0 radical (unpaired) electrons. The Morgan fingerprint density at radius 2 is 2.00 bits per heavy atom. The van der Waals surface area contributed by atoms with E-state index in [1.54, 1.807) is 37.1 Å². The number of allylic oxidation sites excluding steroid dienone is 1. The summed E-state index contributed by atoms with van der Waals surface area (Å²) in [7, 11) is 0. The fraction of sp³-hybridized carbons (Fsp3) is 0.263. The SMILES string of the molecule is CC(=O)N1Cc2cnc(OC/C(Nc3ccc(F)cc3)=C(\C)N=N)cc2C1. The summed E-state index contributed by atoms with van der Waals surface area (Å²) in [5.74, 6) is 0.122. The van der Waals surface area contributed by atoms with Crippen LogP contribution >= 0.6 is 0 Å². The normalized spacial score (nSPS) is 13.7. The van der Waals surface area contributed by atoms with Gasteiger partial charge in [-0.3, -0.25) is 4.79 Å². The summed E-state index contributed by atoms with van der Waals surface area (Å²) in [6.07, 6.45) is 1.71. The number of hydrogen-bond acceptors (Lipinski definition) is 6. The maximum Gasteiger partial charge on any atom is 0.220 e. The highest BCUT2D eigenvalue weighted by Gasteiger charge is 2.21. The number of nitrogens with one attached hydrogen (secondary N) is 2. The van der Waals surface area contributed by atoms with Crippen molar-refractivity contribution in [2.75, 3.05) is 11.9 Å². The predicted molar refractivity (Wildman–Crippen MR) is 97.5 cm³/mol. The van der Waals surface area contributed by atoms with Crippen LogP contribution in [0.25, 0.3) is 0 Å². The van der Waals surface area contributed by atoms with Gasteiger partial charge >= 0.3 is 0 Å². The molecule has 27 heavy (non-hydrogen) atoms. The molecule has 2 heterocycles. The first kappa shape index (κ1) is 18.5. The number of anilines is 1. The van der Waals surface area contributed by atoms with E-state index in [4.69, 9.17) is 10.3 Å². The third-order valence-corrected chi connectivity index (χ3v) is 4.33. The number of hydrogen-bond donors (Lipinski definition) is 2. The Morgan fingerprint density at radius 1 is 1.30 bits per heavy atom. The van der Waals surface area contributed by atoms with E-state index in [9.17, 15) is 9.18 Å². The molecular formula is C19H20FN5O2. The van der Waals surface area contributed by atoms with Crippen LogP contribution in [0, 0.1) is 11.3 Å². The molecule has 0 spiro atoms. The van der Waals surface area contributed by atoms with Gasteiger partial charge in [-0.25, -0.2) is 14.9 Å². The van der Waals surface area contributed by atoms with Gasteiger partial charge in [-0.05, 0) is 42.3 Å². The van der Waals surface area contributed by atoms with E-state index in [1.165, 1.54) is 12.1 Å². The monoisotopic (exact) mass is 369 g/mol. The van der Waals surface area contributed by atoms with Crippen LogP contribution in [0.15, 0.2) is 53.0 Å². The number of nitrogens with zero attached hydrogens (tertiary/aromatic N) is 3. The molecular weight excluding hydrogens is 349 g/mol. The van der Waals surface area contributed by atoms with E-state index >= 15 is 0 Å². The van der Waals surface area contributed by atoms with Crippen LogP contribution in [0.3, 0.4) is 0 Å². The maximum atomic E-state index is 13.1. The van der Waals surface area contributed by atoms with Gasteiger partial charge in [-0.1, -0.05) is 0 Å². The van der Waals surface area contributed by atoms with Crippen LogP contribution in [0.5, 0.6) is 5.88 Å².